The summed E-state index contributed by atoms with van der Waals surface area (Å²) in [5, 5.41) is 9.68. The summed E-state index contributed by atoms with van der Waals surface area (Å²) in [6, 6.07) is 9.84. The lowest BCUT2D eigenvalue weighted by molar-refractivity contribution is -0.145. The van der Waals surface area contributed by atoms with Gasteiger partial charge in [0.1, 0.15) is 17.7 Å². The number of anilines is 1. The molecule has 1 aliphatic heterocycles. The Morgan fingerprint density at radius 2 is 1.85 bits per heavy atom. The predicted molar refractivity (Wildman–Crippen MR) is 101 cm³/mol. The summed E-state index contributed by atoms with van der Waals surface area (Å²) in [4.78, 5) is 15.6. The molecule has 144 valence electrons. The SMILES string of the molecule is CN(C)c1ccc(C(c2ccc(F)cc2F)N2CCCCC2C(=O)O)cc1. The van der Waals surface area contributed by atoms with Crippen LogP contribution >= 0.6 is 0 Å². The van der Waals surface area contributed by atoms with Crippen molar-refractivity contribution in [2.75, 3.05) is 25.5 Å². The van der Waals surface area contributed by atoms with Crippen molar-refractivity contribution in [2.24, 2.45) is 0 Å². The summed E-state index contributed by atoms with van der Waals surface area (Å²) in [5.41, 5.74) is 2.08. The molecule has 0 amide bonds. The molecule has 2 unspecified atom stereocenters. The van der Waals surface area contributed by atoms with Gasteiger partial charge in [0.2, 0.25) is 0 Å². The lowest BCUT2D eigenvalue weighted by Crippen LogP contribution is -2.47. The van der Waals surface area contributed by atoms with Crippen molar-refractivity contribution in [1.82, 2.24) is 4.90 Å². The maximum atomic E-state index is 14.7. The van der Waals surface area contributed by atoms with Gasteiger partial charge in [-0.15, -0.1) is 0 Å². The Morgan fingerprint density at radius 1 is 1.15 bits per heavy atom. The van der Waals surface area contributed by atoms with E-state index in [0.717, 1.165) is 30.2 Å². The monoisotopic (exact) mass is 374 g/mol. The smallest absolute Gasteiger partial charge is 0.320 e. The third-order valence-corrected chi connectivity index (χ3v) is 5.14. The fourth-order valence-electron chi connectivity index (χ4n) is 3.76. The van der Waals surface area contributed by atoms with Gasteiger partial charge in [-0.05, 0) is 43.1 Å². The van der Waals surface area contributed by atoms with Crippen LogP contribution in [0.5, 0.6) is 0 Å². The van der Waals surface area contributed by atoms with Crippen molar-refractivity contribution in [3.05, 3.63) is 65.2 Å². The van der Waals surface area contributed by atoms with Gasteiger partial charge in [-0.1, -0.05) is 24.6 Å². The van der Waals surface area contributed by atoms with Crippen LogP contribution in [-0.4, -0.2) is 42.7 Å². The normalized spacial score (nSPS) is 18.9. The number of hydrogen-bond donors (Lipinski definition) is 1. The summed E-state index contributed by atoms with van der Waals surface area (Å²) in [6.45, 7) is 0.549. The van der Waals surface area contributed by atoms with Crippen LogP contribution in [0.15, 0.2) is 42.5 Å². The zero-order chi connectivity index (χ0) is 19.6. The molecule has 0 aromatic heterocycles. The molecular formula is C21H24F2N2O2. The highest BCUT2D eigenvalue weighted by atomic mass is 19.1. The minimum Gasteiger partial charge on any atom is -0.480 e. The number of piperidine rings is 1. The van der Waals surface area contributed by atoms with E-state index >= 15 is 0 Å². The minimum atomic E-state index is -0.910. The van der Waals surface area contributed by atoms with E-state index in [1.54, 1.807) is 0 Å². The summed E-state index contributed by atoms with van der Waals surface area (Å²) < 4.78 is 28.1. The van der Waals surface area contributed by atoms with E-state index < -0.39 is 29.7 Å². The number of carbonyl (C=O) groups is 1. The summed E-state index contributed by atoms with van der Waals surface area (Å²) in [5.74, 6) is -2.22. The molecule has 1 saturated heterocycles. The zero-order valence-electron chi connectivity index (χ0n) is 15.5. The van der Waals surface area contributed by atoms with Crippen LogP contribution in [0.1, 0.15) is 36.4 Å². The van der Waals surface area contributed by atoms with E-state index in [9.17, 15) is 18.7 Å². The van der Waals surface area contributed by atoms with Crippen LogP contribution in [0.25, 0.3) is 0 Å². The number of rotatable bonds is 5. The van der Waals surface area contributed by atoms with Gasteiger partial charge in [-0.3, -0.25) is 9.69 Å². The third kappa shape index (κ3) is 4.11. The van der Waals surface area contributed by atoms with Crippen LogP contribution in [0.3, 0.4) is 0 Å². The van der Waals surface area contributed by atoms with Gasteiger partial charge in [0.25, 0.3) is 0 Å². The highest BCUT2D eigenvalue weighted by molar-refractivity contribution is 5.73. The third-order valence-electron chi connectivity index (χ3n) is 5.14. The molecule has 1 heterocycles. The van der Waals surface area contributed by atoms with E-state index in [1.165, 1.54) is 12.1 Å². The predicted octanol–water partition coefficient (Wildman–Crippen LogP) is 4.06. The molecule has 0 radical (unpaired) electrons. The van der Waals surface area contributed by atoms with E-state index in [1.807, 2.05) is 48.2 Å². The molecule has 0 bridgehead atoms. The van der Waals surface area contributed by atoms with Crippen LogP contribution < -0.4 is 4.90 Å². The van der Waals surface area contributed by atoms with Gasteiger partial charge in [0, 0.05) is 31.4 Å². The minimum absolute atomic E-state index is 0.294. The molecule has 0 aliphatic carbocycles. The fraction of sp³-hybridized carbons (Fsp3) is 0.381. The number of nitrogens with zero attached hydrogens (tertiary/aromatic N) is 2. The molecule has 2 aromatic rings. The zero-order valence-corrected chi connectivity index (χ0v) is 15.5. The van der Waals surface area contributed by atoms with Gasteiger partial charge < -0.3 is 10.0 Å². The maximum absolute atomic E-state index is 14.7. The van der Waals surface area contributed by atoms with Crippen molar-refractivity contribution in [3.63, 3.8) is 0 Å². The molecule has 4 nitrogen and oxygen atoms in total. The largest absolute Gasteiger partial charge is 0.480 e. The molecule has 0 saturated carbocycles. The number of carboxylic acids is 1. The molecule has 27 heavy (non-hydrogen) atoms. The lowest BCUT2D eigenvalue weighted by Gasteiger charge is -2.39. The van der Waals surface area contributed by atoms with E-state index in [0.29, 0.717) is 18.5 Å². The first-order valence-electron chi connectivity index (χ1n) is 9.09. The van der Waals surface area contributed by atoms with Gasteiger partial charge in [0.15, 0.2) is 0 Å². The number of carboxylic acid groups (broad SMARTS) is 1. The van der Waals surface area contributed by atoms with Crippen LogP contribution in [0.2, 0.25) is 0 Å². The van der Waals surface area contributed by atoms with Crippen LogP contribution in [0.4, 0.5) is 14.5 Å². The molecule has 1 aliphatic rings. The molecule has 0 spiro atoms. The summed E-state index contributed by atoms with van der Waals surface area (Å²) in [6.07, 6.45) is 2.19. The summed E-state index contributed by atoms with van der Waals surface area (Å²) in [7, 11) is 3.86. The van der Waals surface area contributed by atoms with Crippen molar-refractivity contribution < 1.29 is 18.7 Å². The second kappa shape index (κ2) is 8.05. The number of benzene rings is 2. The van der Waals surface area contributed by atoms with E-state index in [-0.39, 0.29) is 0 Å². The second-order valence-electron chi connectivity index (χ2n) is 7.14. The Balaban J connectivity index is 2.09. The highest BCUT2D eigenvalue weighted by Crippen LogP contribution is 2.36. The quantitative estimate of drug-likeness (QED) is 0.857. The number of hydrogen-bond acceptors (Lipinski definition) is 3. The van der Waals surface area contributed by atoms with Crippen molar-refractivity contribution in [2.45, 2.75) is 31.3 Å². The molecule has 1 fully saturated rings. The van der Waals surface area contributed by atoms with Crippen molar-refractivity contribution in [1.29, 1.82) is 0 Å². The lowest BCUT2D eigenvalue weighted by atomic mass is 9.91. The van der Waals surface area contributed by atoms with Crippen molar-refractivity contribution >= 4 is 11.7 Å². The standard InChI is InChI=1S/C21H24F2N2O2/c1-24(2)16-9-6-14(7-10-16)20(17-11-8-15(22)13-18(17)23)25-12-4-3-5-19(25)21(26)27/h6-11,13,19-20H,3-5,12H2,1-2H3,(H,26,27). The maximum Gasteiger partial charge on any atom is 0.320 e. The van der Waals surface area contributed by atoms with Gasteiger partial charge in [-0.25, -0.2) is 8.78 Å². The molecule has 1 N–H and O–H groups in total. The average Bonchev–Trinajstić information content (AvgIpc) is 2.64. The van der Waals surface area contributed by atoms with Crippen LogP contribution in [-0.2, 0) is 4.79 Å². The Labute approximate surface area is 158 Å². The Kier molecular flexibility index (Phi) is 5.75. The molecule has 2 atom stereocenters. The number of likely N-dealkylation sites (tertiary alicyclic amines) is 1. The average molecular weight is 374 g/mol. The van der Waals surface area contributed by atoms with Crippen molar-refractivity contribution in [3.8, 4) is 0 Å². The number of halogens is 2. The summed E-state index contributed by atoms with van der Waals surface area (Å²) >= 11 is 0. The molecular weight excluding hydrogens is 350 g/mol. The first-order chi connectivity index (χ1) is 12.9. The van der Waals surface area contributed by atoms with Gasteiger partial charge >= 0.3 is 5.97 Å². The first kappa shape index (κ1) is 19.3. The van der Waals surface area contributed by atoms with E-state index in [4.69, 9.17) is 0 Å². The van der Waals surface area contributed by atoms with Gasteiger partial charge in [0.05, 0.1) is 6.04 Å². The Hall–Kier alpha value is -2.47. The number of aliphatic carboxylic acids is 1. The molecule has 2 aromatic carbocycles. The van der Waals surface area contributed by atoms with E-state index in [2.05, 4.69) is 0 Å². The topological polar surface area (TPSA) is 43.8 Å². The Morgan fingerprint density at radius 3 is 2.44 bits per heavy atom. The Bertz CT molecular complexity index is 808. The second-order valence-corrected chi connectivity index (χ2v) is 7.14. The molecule has 6 heteroatoms. The fourth-order valence-corrected chi connectivity index (χ4v) is 3.76. The highest BCUT2D eigenvalue weighted by Gasteiger charge is 2.36. The first-order valence-corrected chi connectivity index (χ1v) is 9.09. The molecule has 3 rings (SSSR count). The van der Waals surface area contributed by atoms with Crippen LogP contribution in [0, 0.1) is 11.6 Å². The van der Waals surface area contributed by atoms with Gasteiger partial charge in [-0.2, -0.15) is 0 Å².